The van der Waals surface area contributed by atoms with Crippen molar-refractivity contribution >= 4 is 17.8 Å². The maximum Gasteiger partial charge on any atom is 0.335 e. The van der Waals surface area contributed by atoms with E-state index in [-0.39, 0.29) is 18.0 Å². The van der Waals surface area contributed by atoms with Crippen LogP contribution in [-0.2, 0) is 16.1 Å². The molecule has 1 aromatic heterocycles. The van der Waals surface area contributed by atoms with Gasteiger partial charge in [0, 0.05) is 12.2 Å². The molecule has 3 aromatic rings. The molecule has 1 amide bonds. The van der Waals surface area contributed by atoms with E-state index in [1.807, 2.05) is 61.5 Å². The minimum absolute atomic E-state index is 0.0608. The number of aromatic nitrogens is 3. The SMILES string of the molecule is CC1=C(C(=O)O)C(c2ccccc2)n2ncnc2N1CC(=O)NCc1ccc(C)cc1. The van der Waals surface area contributed by atoms with Gasteiger partial charge in [0.15, 0.2) is 0 Å². The van der Waals surface area contributed by atoms with Crippen LogP contribution in [0.5, 0.6) is 0 Å². The molecular weight excluding hydrogens is 394 g/mol. The van der Waals surface area contributed by atoms with Crippen molar-refractivity contribution in [2.24, 2.45) is 0 Å². The molecule has 0 fully saturated rings. The van der Waals surface area contributed by atoms with E-state index < -0.39 is 12.0 Å². The second-order valence-electron chi connectivity index (χ2n) is 7.47. The average Bonchev–Trinajstić information content (AvgIpc) is 3.24. The molecule has 0 spiro atoms. The van der Waals surface area contributed by atoms with Gasteiger partial charge in [0.05, 0.1) is 5.57 Å². The van der Waals surface area contributed by atoms with E-state index in [1.165, 1.54) is 6.33 Å². The smallest absolute Gasteiger partial charge is 0.335 e. The van der Waals surface area contributed by atoms with Crippen molar-refractivity contribution in [2.75, 3.05) is 11.4 Å². The number of allylic oxidation sites excluding steroid dienone is 1. The van der Waals surface area contributed by atoms with Gasteiger partial charge in [-0.15, -0.1) is 0 Å². The van der Waals surface area contributed by atoms with Crippen molar-refractivity contribution in [1.82, 2.24) is 20.1 Å². The molecule has 31 heavy (non-hydrogen) atoms. The molecule has 0 bridgehead atoms. The summed E-state index contributed by atoms with van der Waals surface area (Å²) in [6.45, 7) is 4.03. The molecule has 158 valence electrons. The zero-order valence-corrected chi connectivity index (χ0v) is 17.3. The lowest BCUT2D eigenvalue weighted by Crippen LogP contribution is -2.42. The van der Waals surface area contributed by atoms with E-state index >= 15 is 0 Å². The zero-order chi connectivity index (χ0) is 22.0. The number of aryl methyl sites for hydroxylation is 1. The van der Waals surface area contributed by atoms with Crippen LogP contribution in [0.15, 0.2) is 72.2 Å². The van der Waals surface area contributed by atoms with Gasteiger partial charge in [-0.25, -0.2) is 9.48 Å². The maximum absolute atomic E-state index is 12.7. The number of amides is 1. The third-order valence-electron chi connectivity index (χ3n) is 5.37. The minimum Gasteiger partial charge on any atom is -0.478 e. The van der Waals surface area contributed by atoms with Crippen molar-refractivity contribution in [3.63, 3.8) is 0 Å². The summed E-state index contributed by atoms with van der Waals surface area (Å²) in [7, 11) is 0. The summed E-state index contributed by atoms with van der Waals surface area (Å²) in [4.78, 5) is 30.8. The highest BCUT2D eigenvalue weighted by Crippen LogP contribution is 2.37. The van der Waals surface area contributed by atoms with E-state index in [2.05, 4.69) is 15.4 Å². The van der Waals surface area contributed by atoms with Gasteiger partial charge in [-0.2, -0.15) is 10.1 Å². The summed E-state index contributed by atoms with van der Waals surface area (Å²) in [6, 6.07) is 16.6. The number of carboxylic acids is 1. The lowest BCUT2D eigenvalue weighted by atomic mass is 9.95. The van der Waals surface area contributed by atoms with Crippen molar-refractivity contribution in [1.29, 1.82) is 0 Å². The fraction of sp³-hybridized carbons (Fsp3) is 0.217. The summed E-state index contributed by atoms with van der Waals surface area (Å²) in [6.07, 6.45) is 1.38. The molecular formula is C23H23N5O3. The second kappa shape index (κ2) is 8.43. The highest BCUT2D eigenvalue weighted by molar-refractivity contribution is 5.92. The van der Waals surface area contributed by atoms with Gasteiger partial charge in [-0.1, -0.05) is 60.2 Å². The molecule has 2 N–H and O–H groups in total. The quantitative estimate of drug-likeness (QED) is 0.640. The predicted molar refractivity (Wildman–Crippen MR) is 115 cm³/mol. The Balaban J connectivity index is 1.61. The Morgan fingerprint density at radius 1 is 1.06 bits per heavy atom. The Kier molecular flexibility index (Phi) is 5.53. The number of aliphatic carboxylic acids is 1. The first-order valence-corrected chi connectivity index (χ1v) is 9.94. The first kappa shape index (κ1) is 20.3. The topological polar surface area (TPSA) is 100 Å². The molecule has 0 radical (unpaired) electrons. The van der Waals surface area contributed by atoms with E-state index in [1.54, 1.807) is 16.5 Å². The van der Waals surface area contributed by atoms with Crippen LogP contribution >= 0.6 is 0 Å². The van der Waals surface area contributed by atoms with Crippen LogP contribution in [0.3, 0.4) is 0 Å². The van der Waals surface area contributed by atoms with Crippen LogP contribution in [0.2, 0.25) is 0 Å². The monoisotopic (exact) mass is 417 g/mol. The standard InChI is InChI=1S/C23H23N5O3/c1-15-8-10-17(11-9-15)12-24-19(29)13-27-16(2)20(22(30)31)21(18-6-4-3-5-7-18)28-23(27)25-14-26-28/h3-11,14,21H,12-13H2,1-2H3,(H,24,29)(H,30,31). The Hall–Kier alpha value is -3.94. The van der Waals surface area contributed by atoms with Gasteiger partial charge in [-0.3, -0.25) is 4.79 Å². The van der Waals surface area contributed by atoms with Gasteiger partial charge in [0.2, 0.25) is 11.9 Å². The number of benzene rings is 2. The van der Waals surface area contributed by atoms with Crippen molar-refractivity contribution in [3.05, 3.63) is 88.9 Å². The number of nitrogens with zero attached hydrogens (tertiary/aromatic N) is 4. The van der Waals surface area contributed by atoms with Crippen molar-refractivity contribution in [2.45, 2.75) is 26.4 Å². The third-order valence-corrected chi connectivity index (χ3v) is 5.37. The van der Waals surface area contributed by atoms with E-state index in [0.717, 1.165) is 16.7 Å². The summed E-state index contributed by atoms with van der Waals surface area (Å²) >= 11 is 0. The highest BCUT2D eigenvalue weighted by Gasteiger charge is 2.37. The Labute approximate surface area is 179 Å². The Morgan fingerprint density at radius 2 is 1.77 bits per heavy atom. The first-order chi connectivity index (χ1) is 15.0. The number of fused-ring (bicyclic) bond motifs is 1. The van der Waals surface area contributed by atoms with Crippen LogP contribution in [-0.4, -0.2) is 38.3 Å². The fourth-order valence-electron chi connectivity index (χ4n) is 3.75. The van der Waals surface area contributed by atoms with Gasteiger partial charge >= 0.3 is 5.97 Å². The molecule has 0 saturated carbocycles. The number of carbonyl (C=O) groups excluding carboxylic acids is 1. The highest BCUT2D eigenvalue weighted by atomic mass is 16.4. The zero-order valence-electron chi connectivity index (χ0n) is 17.3. The summed E-state index contributed by atoms with van der Waals surface area (Å²) in [5, 5.41) is 17.1. The molecule has 1 aliphatic heterocycles. The molecule has 0 aliphatic carbocycles. The molecule has 2 heterocycles. The van der Waals surface area contributed by atoms with E-state index in [9.17, 15) is 14.7 Å². The van der Waals surface area contributed by atoms with Gasteiger partial charge in [-0.05, 0) is 25.0 Å². The summed E-state index contributed by atoms with van der Waals surface area (Å²) in [5.41, 5.74) is 3.55. The first-order valence-electron chi connectivity index (χ1n) is 9.94. The van der Waals surface area contributed by atoms with Crippen LogP contribution in [0.1, 0.15) is 29.7 Å². The van der Waals surface area contributed by atoms with Crippen LogP contribution < -0.4 is 10.2 Å². The number of hydrogen-bond acceptors (Lipinski definition) is 5. The number of carbonyl (C=O) groups is 2. The van der Waals surface area contributed by atoms with Crippen LogP contribution in [0.4, 0.5) is 5.95 Å². The molecule has 4 rings (SSSR count). The minimum atomic E-state index is -1.06. The second-order valence-corrected chi connectivity index (χ2v) is 7.47. The van der Waals surface area contributed by atoms with Crippen LogP contribution in [0, 0.1) is 6.92 Å². The fourth-order valence-corrected chi connectivity index (χ4v) is 3.75. The lowest BCUT2D eigenvalue weighted by Gasteiger charge is -2.34. The van der Waals surface area contributed by atoms with Crippen LogP contribution in [0.25, 0.3) is 0 Å². The molecule has 1 atom stereocenters. The van der Waals surface area contributed by atoms with Crippen molar-refractivity contribution in [3.8, 4) is 0 Å². The predicted octanol–water partition coefficient (Wildman–Crippen LogP) is 2.67. The normalized spacial score (nSPS) is 15.5. The molecule has 8 heteroatoms. The average molecular weight is 417 g/mol. The molecule has 1 unspecified atom stereocenters. The largest absolute Gasteiger partial charge is 0.478 e. The van der Waals surface area contributed by atoms with Gasteiger partial charge in [0.1, 0.15) is 18.9 Å². The number of rotatable bonds is 6. The third kappa shape index (κ3) is 4.05. The Morgan fingerprint density at radius 3 is 2.45 bits per heavy atom. The van der Waals surface area contributed by atoms with E-state index in [4.69, 9.17) is 0 Å². The van der Waals surface area contributed by atoms with E-state index in [0.29, 0.717) is 18.2 Å². The lowest BCUT2D eigenvalue weighted by molar-refractivity contribution is -0.133. The summed E-state index contributed by atoms with van der Waals surface area (Å²) in [5.74, 6) is -0.864. The number of hydrogen-bond donors (Lipinski definition) is 2. The molecule has 0 saturated heterocycles. The summed E-state index contributed by atoms with van der Waals surface area (Å²) < 4.78 is 1.55. The molecule has 1 aliphatic rings. The number of anilines is 1. The van der Waals surface area contributed by atoms with Gasteiger partial charge < -0.3 is 15.3 Å². The molecule has 8 nitrogen and oxygen atoms in total. The maximum atomic E-state index is 12.7. The Bertz CT molecular complexity index is 1140. The number of nitrogens with one attached hydrogen (secondary N) is 1. The molecule has 2 aromatic carbocycles. The van der Waals surface area contributed by atoms with Gasteiger partial charge in [0.25, 0.3) is 0 Å². The number of carboxylic acid groups (broad SMARTS) is 1. The van der Waals surface area contributed by atoms with Crippen molar-refractivity contribution < 1.29 is 14.7 Å².